The predicted molar refractivity (Wildman–Crippen MR) is 62.7 cm³/mol. The van der Waals surface area contributed by atoms with E-state index in [9.17, 15) is 9.18 Å². The molecule has 0 aromatic heterocycles. The Kier molecular flexibility index (Phi) is 5.42. The summed E-state index contributed by atoms with van der Waals surface area (Å²) in [5, 5.41) is 11.4. The van der Waals surface area contributed by atoms with Gasteiger partial charge in [-0.1, -0.05) is 22.0 Å². The van der Waals surface area contributed by atoms with Gasteiger partial charge in [-0.15, -0.1) is 0 Å². The van der Waals surface area contributed by atoms with Gasteiger partial charge < -0.3 is 10.4 Å². The molecular weight excluding hydrogens is 277 g/mol. The van der Waals surface area contributed by atoms with Crippen LogP contribution >= 0.6 is 15.9 Å². The fraction of sp³-hybridized carbons (Fsp3) is 0.364. The highest BCUT2D eigenvalue weighted by atomic mass is 79.9. The first-order chi connectivity index (χ1) is 7.59. The number of benzene rings is 1. The predicted octanol–water partition coefficient (Wildman–Crippen LogP) is 2.54. The van der Waals surface area contributed by atoms with E-state index in [1.165, 1.54) is 6.07 Å². The Morgan fingerprint density at radius 2 is 2.25 bits per heavy atom. The molecule has 0 aliphatic rings. The molecule has 16 heavy (non-hydrogen) atoms. The van der Waals surface area contributed by atoms with Gasteiger partial charge in [0, 0.05) is 23.0 Å². The minimum absolute atomic E-state index is 0.135. The SMILES string of the molecule is O=C(O)CCCNCc1ccc(Br)cc1F. The van der Waals surface area contributed by atoms with E-state index in [0.717, 1.165) is 0 Å². The van der Waals surface area contributed by atoms with Gasteiger partial charge in [0.2, 0.25) is 0 Å². The van der Waals surface area contributed by atoms with Crippen LogP contribution in [0.15, 0.2) is 22.7 Å². The normalized spacial score (nSPS) is 10.4. The summed E-state index contributed by atoms with van der Waals surface area (Å²) in [6, 6.07) is 4.88. The Morgan fingerprint density at radius 3 is 2.88 bits per heavy atom. The van der Waals surface area contributed by atoms with Crippen molar-refractivity contribution in [3.8, 4) is 0 Å². The number of nitrogens with one attached hydrogen (secondary N) is 1. The molecule has 5 heteroatoms. The summed E-state index contributed by atoms with van der Waals surface area (Å²) in [4.78, 5) is 10.2. The molecule has 0 saturated carbocycles. The van der Waals surface area contributed by atoms with Crippen LogP contribution in [0.25, 0.3) is 0 Å². The number of carboxylic acid groups (broad SMARTS) is 1. The number of aliphatic carboxylic acids is 1. The van der Waals surface area contributed by atoms with Crippen molar-refractivity contribution in [3.63, 3.8) is 0 Å². The number of rotatable bonds is 6. The largest absolute Gasteiger partial charge is 0.481 e. The first-order valence-corrected chi connectivity index (χ1v) is 5.75. The molecule has 0 bridgehead atoms. The summed E-state index contributed by atoms with van der Waals surface area (Å²) in [5.41, 5.74) is 0.582. The Labute approximate surface area is 102 Å². The van der Waals surface area contributed by atoms with E-state index in [1.54, 1.807) is 12.1 Å². The second-order valence-corrected chi connectivity index (χ2v) is 4.33. The van der Waals surface area contributed by atoms with Crippen LogP contribution in [-0.4, -0.2) is 17.6 Å². The standard InChI is InChI=1S/C11H13BrFNO2/c12-9-4-3-8(10(13)6-9)7-14-5-1-2-11(15)16/h3-4,6,14H,1-2,5,7H2,(H,15,16). The van der Waals surface area contributed by atoms with E-state index in [2.05, 4.69) is 21.2 Å². The molecule has 0 radical (unpaired) electrons. The third-order valence-electron chi connectivity index (χ3n) is 2.07. The third-order valence-corrected chi connectivity index (χ3v) is 2.57. The fourth-order valence-corrected chi connectivity index (χ4v) is 1.59. The maximum absolute atomic E-state index is 13.3. The zero-order valence-corrected chi connectivity index (χ0v) is 10.3. The molecule has 0 aliphatic carbocycles. The van der Waals surface area contributed by atoms with Gasteiger partial charge in [-0.25, -0.2) is 4.39 Å². The molecule has 1 rings (SSSR count). The molecule has 1 aromatic rings. The van der Waals surface area contributed by atoms with Gasteiger partial charge in [-0.3, -0.25) is 4.79 Å². The van der Waals surface area contributed by atoms with Crippen molar-refractivity contribution in [2.75, 3.05) is 6.54 Å². The van der Waals surface area contributed by atoms with E-state index in [0.29, 0.717) is 29.5 Å². The topological polar surface area (TPSA) is 49.3 Å². The maximum Gasteiger partial charge on any atom is 0.303 e. The fourth-order valence-electron chi connectivity index (χ4n) is 1.25. The van der Waals surface area contributed by atoms with E-state index < -0.39 is 5.97 Å². The minimum atomic E-state index is -0.809. The van der Waals surface area contributed by atoms with E-state index in [1.807, 2.05) is 0 Å². The van der Waals surface area contributed by atoms with Gasteiger partial charge in [0.1, 0.15) is 5.82 Å². The van der Waals surface area contributed by atoms with Crippen LogP contribution in [0.3, 0.4) is 0 Å². The summed E-state index contributed by atoms with van der Waals surface area (Å²) in [5.74, 6) is -1.07. The molecule has 0 atom stereocenters. The van der Waals surface area contributed by atoms with Crippen LogP contribution < -0.4 is 5.32 Å². The van der Waals surface area contributed by atoms with Crippen LogP contribution in [0.1, 0.15) is 18.4 Å². The molecule has 0 aliphatic heterocycles. The average molecular weight is 290 g/mol. The van der Waals surface area contributed by atoms with E-state index in [-0.39, 0.29) is 12.2 Å². The van der Waals surface area contributed by atoms with Crippen LogP contribution in [0.4, 0.5) is 4.39 Å². The highest BCUT2D eigenvalue weighted by Gasteiger charge is 2.02. The lowest BCUT2D eigenvalue weighted by atomic mass is 10.2. The number of carboxylic acids is 1. The zero-order valence-electron chi connectivity index (χ0n) is 8.67. The second-order valence-electron chi connectivity index (χ2n) is 3.41. The third kappa shape index (κ3) is 4.72. The Morgan fingerprint density at radius 1 is 1.50 bits per heavy atom. The zero-order chi connectivity index (χ0) is 12.0. The lowest BCUT2D eigenvalue weighted by Crippen LogP contribution is -2.16. The molecule has 0 spiro atoms. The molecule has 88 valence electrons. The van der Waals surface area contributed by atoms with E-state index >= 15 is 0 Å². The maximum atomic E-state index is 13.3. The Balaban J connectivity index is 2.29. The Bertz CT molecular complexity index is 371. The lowest BCUT2D eigenvalue weighted by molar-refractivity contribution is -0.137. The Hall–Kier alpha value is -0.940. The molecule has 1 aromatic carbocycles. The van der Waals surface area contributed by atoms with Gasteiger partial charge >= 0.3 is 5.97 Å². The van der Waals surface area contributed by atoms with Crippen molar-refractivity contribution in [1.29, 1.82) is 0 Å². The first kappa shape index (κ1) is 13.1. The number of hydrogen-bond acceptors (Lipinski definition) is 2. The molecule has 2 N–H and O–H groups in total. The van der Waals surface area contributed by atoms with Crippen molar-refractivity contribution in [2.45, 2.75) is 19.4 Å². The monoisotopic (exact) mass is 289 g/mol. The van der Waals surface area contributed by atoms with E-state index in [4.69, 9.17) is 5.11 Å². The highest BCUT2D eigenvalue weighted by molar-refractivity contribution is 9.10. The number of hydrogen-bond donors (Lipinski definition) is 2. The quantitative estimate of drug-likeness (QED) is 0.792. The van der Waals surface area contributed by atoms with Gasteiger partial charge in [0.25, 0.3) is 0 Å². The summed E-state index contributed by atoms with van der Waals surface area (Å²) < 4.78 is 14.0. The lowest BCUT2D eigenvalue weighted by Gasteiger charge is -2.05. The van der Waals surface area contributed by atoms with Gasteiger partial charge in [-0.05, 0) is 25.1 Å². The molecule has 0 saturated heterocycles. The molecular formula is C11H13BrFNO2. The average Bonchev–Trinajstić information content (AvgIpc) is 2.20. The highest BCUT2D eigenvalue weighted by Crippen LogP contribution is 2.14. The molecule has 0 heterocycles. The van der Waals surface area contributed by atoms with Crippen molar-refractivity contribution >= 4 is 21.9 Å². The van der Waals surface area contributed by atoms with Crippen molar-refractivity contribution < 1.29 is 14.3 Å². The second kappa shape index (κ2) is 6.60. The van der Waals surface area contributed by atoms with Crippen LogP contribution in [0.5, 0.6) is 0 Å². The van der Waals surface area contributed by atoms with Crippen LogP contribution in [0.2, 0.25) is 0 Å². The molecule has 3 nitrogen and oxygen atoms in total. The smallest absolute Gasteiger partial charge is 0.303 e. The number of halogens is 2. The van der Waals surface area contributed by atoms with Crippen molar-refractivity contribution in [3.05, 3.63) is 34.1 Å². The summed E-state index contributed by atoms with van der Waals surface area (Å²) in [6.45, 7) is 0.987. The summed E-state index contributed by atoms with van der Waals surface area (Å²) >= 11 is 3.18. The summed E-state index contributed by atoms with van der Waals surface area (Å²) in [7, 11) is 0. The van der Waals surface area contributed by atoms with Crippen molar-refractivity contribution in [1.82, 2.24) is 5.32 Å². The van der Waals surface area contributed by atoms with Gasteiger partial charge in [0.15, 0.2) is 0 Å². The molecule has 0 fully saturated rings. The van der Waals surface area contributed by atoms with Gasteiger partial charge in [0.05, 0.1) is 0 Å². The number of carbonyl (C=O) groups is 1. The van der Waals surface area contributed by atoms with Crippen molar-refractivity contribution in [2.24, 2.45) is 0 Å². The molecule has 0 unspecified atom stereocenters. The molecule has 0 amide bonds. The van der Waals surface area contributed by atoms with Crippen LogP contribution in [0, 0.1) is 5.82 Å². The first-order valence-electron chi connectivity index (χ1n) is 4.96. The summed E-state index contributed by atoms with van der Waals surface area (Å²) in [6.07, 6.45) is 0.684. The minimum Gasteiger partial charge on any atom is -0.481 e. The van der Waals surface area contributed by atoms with Gasteiger partial charge in [-0.2, -0.15) is 0 Å². The van der Waals surface area contributed by atoms with Crippen LogP contribution in [-0.2, 0) is 11.3 Å².